The number of carbonyl (C=O) groups is 1. The van der Waals surface area contributed by atoms with Crippen LogP contribution in [0.5, 0.6) is 0 Å². The SMILES string of the molecule is CN(CC(C)(C=O)c1ccccc1)C1CCSC1. The van der Waals surface area contributed by atoms with Crippen molar-refractivity contribution >= 4 is 18.0 Å². The van der Waals surface area contributed by atoms with Crippen LogP contribution >= 0.6 is 11.8 Å². The summed E-state index contributed by atoms with van der Waals surface area (Å²) in [5.74, 6) is 2.44. The van der Waals surface area contributed by atoms with E-state index in [2.05, 4.69) is 11.9 Å². The second-order valence-corrected chi connectivity index (χ2v) is 6.48. The summed E-state index contributed by atoms with van der Waals surface area (Å²) in [6.45, 7) is 2.83. The van der Waals surface area contributed by atoms with Crippen LogP contribution in [0, 0.1) is 0 Å². The van der Waals surface area contributed by atoms with Gasteiger partial charge in [0, 0.05) is 18.3 Å². The fourth-order valence-corrected chi connectivity index (χ4v) is 3.83. The van der Waals surface area contributed by atoms with Crippen molar-refractivity contribution in [2.24, 2.45) is 0 Å². The van der Waals surface area contributed by atoms with Crippen LogP contribution in [0.2, 0.25) is 0 Å². The molecule has 98 valence electrons. The van der Waals surface area contributed by atoms with Crippen molar-refractivity contribution in [2.75, 3.05) is 25.1 Å². The second-order valence-electron chi connectivity index (χ2n) is 5.33. The molecule has 1 aromatic rings. The van der Waals surface area contributed by atoms with Gasteiger partial charge in [0.25, 0.3) is 0 Å². The molecular weight excluding hydrogens is 242 g/mol. The number of likely N-dealkylation sites (N-methyl/N-ethyl adjacent to an activating group) is 1. The van der Waals surface area contributed by atoms with Crippen LogP contribution in [0.4, 0.5) is 0 Å². The van der Waals surface area contributed by atoms with Crippen molar-refractivity contribution in [3.8, 4) is 0 Å². The topological polar surface area (TPSA) is 20.3 Å². The summed E-state index contributed by atoms with van der Waals surface area (Å²) in [5, 5.41) is 0. The monoisotopic (exact) mass is 263 g/mol. The largest absolute Gasteiger partial charge is 0.302 e. The molecule has 2 nitrogen and oxygen atoms in total. The second kappa shape index (κ2) is 5.89. The minimum atomic E-state index is -0.400. The molecule has 0 saturated carbocycles. The molecule has 3 heteroatoms. The van der Waals surface area contributed by atoms with Gasteiger partial charge in [-0.3, -0.25) is 0 Å². The van der Waals surface area contributed by atoms with Gasteiger partial charge in [0.05, 0.1) is 5.41 Å². The lowest BCUT2D eigenvalue weighted by molar-refractivity contribution is -0.112. The fourth-order valence-electron chi connectivity index (χ4n) is 2.53. The Labute approximate surface area is 114 Å². The molecule has 0 bridgehead atoms. The first-order chi connectivity index (χ1) is 8.65. The van der Waals surface area contributed by atoms with Gasteiger partial charge in [-0.05, 0) is 31.7 Å². The number of aldehydes is 1. The molecule has 0 spiro atoms. The summed E-state index contributed by atoms with van der Waals surface area (Å²) in [6, 6.07) is 10.7. The highest BCUT2D eigenvalue weighted by atomic mass is 32.2. The maximum atomic E-state index is 11.5. The van der Waals surface area contributed by atoms with E-state index in [9.17, 15) is 4.79 Å². The van der Waals surface area contributed by atoms with Crippen LogP contribution in [-0.4, -0.2) is 42.3 Å². The Kier molecular flexibility index (Phi) is 4.46. The molecule has 1 heterocycles. The standard InChI is InChI=1S/C15H21NOS/c1-15(12-17,13-6-4-3-5-7-13)11-16(2)14-8-9-18-10-14/h3-7,12,14H,8-11H2,1-2H3. The summed E-state index contributed by atoms with van der Waals surface area (Å²) in [6.07, 6.45) is 2.34. The smallest absolute Gasteiger partial charge is 0.131 e. The number of carbonyl (C=O) groups excluding carboxylic acids is 1. The highest BCUT2D eigenvalue weighted by Gasteiger charge is 2.31. The van der Waals surface area contributed by atoms with E-state index >= 15 is 0 Å². The van der Waals surface area contributed by atoms with E-state index in [0.29, 0.717) is 6.04 Å². The zero-order valence-corrected chi connectivity index (χ0v) is 12.0. The number of benzene rings is 1. The molecule has 0 radical (unpaired) electrons. The molecule has 1 aliphatic rings. The third kappa shape index (κ3) is 2.96. The molecule has 0 N–H and O–H groups in total. The molecule has 2 unspecified atom stereocenters. The minimum Gasteiger partial charge on any atom is -0.302 e. The van der Waals surface area contributed by atoms with Crippen molar-refractivity contribution in [3.63, 3.8) is 0 Å². The lowest BCUT2D eigenvalue weighted by Crippen LogP contribution is -2.43. The van der Waals surface area contributed by atoms with Crippen LogP contribution in [0.25, 0.3) is 0 Å². The maximum Gasteiger partial charge on any atom is 0.131 e. The minimum absolute atomic E-state index is 0.400. The molecule has 1 aliphatic heterocycles. The van der Waals surface area contributed by atoms with Crippen molar-refractivity contribution in [1.29, 1.82) is 0 Å². The zero-order chi connectivity index (χ0) is 13.0. The molecule has 0 aromatic heterocycles. The molecule has 18 heavy (non-hydrogen) atoms. The van der Waals surface area contributed by atoms with E-state index < -0.39 is 5.41 Å². The lowest BCUT2D eigenvalue weighted by Gasteiger charge is -2.32. The molecule has 1 saturated heterocycles. The Morgan fingerprint density at radius 3 is 2.72 bits per heavy atom. The van der Waals surface area contributed by atoms with Gasteiger partial charge in [0.15, 0.2) is 0 Å². The Morgan fingerprint density at radius 2 is 2.17 bits per heavy atom. The van der Waals surface area contributed by atoms with Gasteiger partial charge >= 0.3 is 0 Å². The van der Waals surface area contributed by atoms with Crippen LogP contribution in [0.1, 0.15) is 18.9 Å². The van der Waals surface area contributed by atoms with Crippen molar-refractivity contribution < 1.29 is 4.79 Å². The van der Waals surface area contributed by atoms with E-state index in [1.807, 2.05) is 49.0 Å². The number of rotatable bonds is 5. The maximum absolute atomic E-state index is 11.5. The lowest BCUT2D eigenvalue weighted by atomic mass is 9.83. The number of nitrogens with zero attached hydrogens (tertiary/aromatic N) is 1. The summed E-state index contributed by atoms with van der Waals surface area (Å²) in [5.41, 5.74) is 0.709. The third-order valence-electron chi connectivity index (χ3n) is 3.80. The predicted molar refractivity (Wildman–Crippen MR) is 78.2 cm³/mol. The van der Waals surface area contributed by atoms with E-state index in [4.69, 9.17) is 0 Å². The van der Waals surface area contributed by atoms with Gasteiger partial charge in [0.1, 0.15) is 6.29 Å². The molecule has 2 atom stereocenters. The average molecular weight is 263 g/mol. The predicted octanol–water partition coefficient (Wildman–Crippen LogP) is 2.58. The summed E-state index contributed by atoms with van der Waals surface area (Å²) in [7, 11) is 2.14. The Balaban J connectivity index is 2.10. The van der Waals surface area contributed by atoms with Gasteiger partial charge in [-0.2, -0.15) is 11.8 Å². The summed E-state index contributed by atoms with van der Waals surface area (Å²) >= 11 is 2.01. The summed E-state index contributed by atoms with van der Waals surface area (Å²) in [4.78, 5) is 13.9. The molecular formula is C15H21NOS. The number of hydrogen-bond donors (Lipinski definition) is 0. The van der Waals surface area contributed by atoms with Gasteiger partial charge in [0.2, 0.25) is 0 Å². The van der Waals surface area contributed by atoms with Crippen LogP contribution in [0.15, 0.2) is 30.3 Å². The van der Waals surface area contributed by atoms with Crippen molar-refractivity contribution in [2.45, 2.75) is 24.8 Å². The van der Waals surface area contributed by atoms with E-state index in [1.54, 1.807) is 0 Å². The van der Waals surface area contributed by atoms with Gasteiger partial charge in [-0.15, -0.1) is 0 Å². The normalized spacial score (nSPS) is 22.9. The van der Waals surface area contributed by atoms with Gasteiger partial charge in [-0.25, -0.2) is 0 Å². The average Bonchev–Trinajstić information content (AvgIpc) is 2.93. The number of thioether (sulfide) groups is 1. The highest BCUT2D eigenvalue weighted by molar-refractivity contribution is 7.99. The van der Waals surface area contributed by atoms with Crippen LogP contribution in [-0.2, 0) is 10.2 Å². The molecule has 0 amide bonds. The quantitative estimate of drug-likeness (QED) is 0.762. The third-order valence-corrected chi connectivity index (χ3v) is 4.95. The first kappa shape index (κ1) is 13.6. The first-order valence-electron chi connectivity index (χ1n) is 6.45. The van der Waals surface area contributed by atoms with Crippen LogP contribution < -0.4 is 0 Å². The van der Waals surface area contributed by atoms with Gasteiger partial charge in [-0.1, -0.05) is 30.3 Å². The fraction of sp³-hybridized carbons (Fsp3) is 0.533. The zero-order valence-electron chi connectivity index (χ0n) is 11.1. The first-order valence-corrected chi connectivity index (χ1v) is 7.61. The Hall–Kier alpha value is -0.800. The molecule has 1 fully saturated rings. The molecule has 2 rings (SSSR count). The van der Waals surface area contributed by atoms with E-state index in [0.717, 1.165) is 18.4 Å². The van der Waals surface area contributed by atoms with Crippen molar-refractivity contribution in [3.05, 3.63) is 35.9 Å². The Bertz CT molecular complexity index is 389. The highest BCUT2D eigenvalue weighted by Crippen LogP contribution is 2.27. The van der Waals surface area contributed by atoms with Crippen LogP contribution in [0.3, 0.4) is 0 Å². The van der Waals surface area contributed by atoms with E-state index in [-0.39, 0.29) is 0 Å². The summed E-state index contributed by atoms with van der Waals surface area (Å²) < 4.78 is 0. The van der Waals surface area contributed by atoms with Crippen molar-refractivity contribution in [1.82, 2.24) is 4.90 Å². The molecule has 1 aromatic carbocycles. The van der Waals surface area contributed by atoms with E-state index in [1.165, 1.54) is 17.9 Å². The van der Waals surface area contributed by atoms with Gasteiger partial charge < -0.3 is 9.69 Å². The molecule has 0 aliphatic carbocycles. The number of hydrogen-bond acceptors (Lipinski definition) is 3. The Morgan fingerprint density at radius 1 is 1.44 bits per heavy atom.